The second-order valence-corrected chi connectivity index (χ2v) is 3.91. The topological polar surface area (TPSA) is 26.3 Å². The zero-order valence-electron chi connectivity index (χ0n) is 8.29. The van der Waals surface area contributed by atoms with E-state index in [1.54, 1.807) is 6.61 Å². The predicted octanol–water partition coefficient (Wildman–Crippen LogP) is -0.0468. The minimum absolute atomic E-state index is 0. The Balaban J connectivity index is -0.000000142. The summed E-state index contributed by atoms with van der Waals surface area (Å²) in [7, 11) is 0. The van der Waals surface area contributed by atoms with Crippen LogP contribution >= 0.6 is 25.3 Å². The number of hydrogen-bond donors (Lipinski definition) is 2. The van der Waals surface area contributed by atoms with Gasteiger partial charge in [-0.25, -0.2) is 6.61 Å². The largest absolute Gasteiger partial charge is 1.00 e. The van der Waals surface area contributed by atoms with E-state index in [1.807, 2.05) is 27.7 Å². The summed E-state index contributed by atoms with van der Waals surface area (Å²) in [5.41, 5.74) is -0.00521. The molecule has 0 bridgehead atoms. The summed E-state index contributed by atoms with van der Waals surface area (Å²) < 4.78 is 4.66. The maximum Gasteiger partial charge on any atom is 1.00 e. The van der Waals surface area contributed by atoms with E-state index in [0.29, 0.717) is 0 Å². The van der Waals surface area contributed by atoms with Crippen molar-refractivity contribution in [3.63, 3.8) is 0 Å². The molecular weight excluding hydrogens is 203 g/mol. The molecule has 2 nitrogen and oxygen atoms in total. The number of carbonyl (C=O) groups excluding carboxylic acids is 1. The summed E-state index contributed by atoms with van der Waals surface area (Å²) in [6.45, 7) is 9.65. The molecule has 0 unspecified atom stereocenters. The Kier molecular flexibility index (Phi) is 16.5. The van der Waals surface area contributed by atoms with Crippen LogP contribution in [-0.4, -0.2) is 10.0 Å². The quantitative estimate of drug-likeness (QED) is 0.367. The SMILES string of the molecule is C[CH-]OC(C)(C)C.O=C(S)S.[Na+]. The van der Waals surface area contributed by atoms with Crippen molar-refractivity contribution in [1.82, 2.24) is 0 Å². The molecule has 0 aliphatic rings. The molecule has 0 aliphatic carbocycles. The molecule has 0 aromatic rings. The van der Waals surface area contributed by atoms with E-state index in [1.165, 1.54) is 0 Å². The van der Waals surface area contributed by atoms with Crippen LogP contribution < -0.4 is 29.6 Å². The van der Waals surface area contributed by atoms with Crippen molar-refractivity contribution >= 4 is 29.7 Å². The van der Waals surface area contributed by atoms with Gasteiger partial charge in [0, 0.05) is 5.60 Å². The normalized spacial score (nSPS) is 9.17. The average molecular weight is 218 g/mol. The van der Waals surface area contributed by atoms with Gasteiger partial charge in [0.1, 0.15) is 0 Å². The third-order valence-electron chi connectivity index (χ3n) is 0.471. The Labute approximate surface area is 108 Å². The van der Waals surface area contributed by atoms with Gasteiger partial charge in [0.05, 0.1) is 0 Å². The third-order valence-corrected chi connectivity index (χ3v) is 0.471. The van der Waals surface area contributed by atoms with E-state index in [9.17, 15) is 4.79 Å². The van der Waals surface area contributed by atoms with Crippen LogP contribution in [0.2, 0.25) is 0 Å². The first-order chi connectivity index (χ1) is 4.79. The van der Waals surface area contributed by atoms with E-state index in [0.717, 1.165) is 0 Å². The molecule has 0 saturated heterocycles. The first-order valence-electron chi connectivity index (χ1n) is 3.17. The fourth-order valence-corrected chi connectivity index (χ4v) is 0.354. The number of carbonyl (C=O) groups is 1. The van der Waals surface area contributed by atoms with E-state index in [-0.39, 0.29) is 35.2 Å². The van der Waals surface area contributed by atoms with Gasteiger partial charge in [-0.1, -0.05) is 25.3 Å². The maximum absolute atomic E-state index is 9.17. The molecule has 0 atom stereocenters. The van der Waals surface area contributed by atoms with Gasteiger partial charge < -0.3 is 4.74 Å². The zero-order chi connectivity index (χ0) is 9.49. The molecule has 0 aromatic heterocycles. The van der Waals surface area contributed by atoms with Crippen molar-refractivity contribution in [2.24, 2.45) is 0 Å². The molecule has 12 heavy (non-hydrogen) atoms. The predicted molar refractivity (Wildman–Crippen MR) is 54.2 cm³/mol. The summed E-state index contributed by atoms with van der Waals surface area (Å²) in [4.78, 5) is 9.17. The van der Waals surface area contributed by atoms with E-state index >= 15 is 0 Å². The van der Waals surface area contributed by atoms with Gasteiger partial charge >= 0.3 is 29.6 Å². The van der Waals surface area contributed by atoms with Crippen LogP contribution in [0.5, 0.6) is 0 Å². The van der Waals surface area contributed by atoms with Crippen molar-refractivity contribution in [1.29, 1.82) is 0 Å². The van der Waals surface area contributed by atoms with Crippen LogP contribution in [0, 0.1) is 6.61 Å². The van der Waals surface area contributed by atoms with Crippen molar-refractivity contribution in [2.45, 2.75) is 33.3 Å². The van der Waals surface area contributed by atoms with Gasteiger partial charge in [-0.05, 0) is 20.8 Å². The van der Waals surface area contributed by atoms with Crippen molar-refractivity contribution in [3.8, 4) is 0 Å². The first kappa shape index (κ1) is 19.0. The van der Waals surface area contributed by atoms with Crippen LogP contribution in [0.3, 0.4) is 0 Å². The molecule has 0 amide bonds. The van der Waals surface area contributed by atoms with Gasteiger partial charge in [-0.2, -0.15) is 6.92 Å². The summed E-state index contributed by atoms with van der Waals surface area (Å²) in [5, 5.41) is 0. The van der Waals surface area contributed by atoms with Crippen LogP contribution in [0.1, 0.15) is 27.7 Å². The van der Waals surface area contributed by atoms with Gasteiger partial charge in [-0.3, -0.25) is 4.79 Å². The molecule has 0 rings (SSSR count). The molecule has 0 saturated carbocycles. The molecular formula is C7H15NaO2S2. The minimum atomic E-state index is -0.444. The summed E-state index contributed by atoms with van der Waals surface area (Å²) in [5.74, 6) is 0. The van der Waals surface area contributed by atoms with Gasteiger partial charge in [0.2, 0.25) is 4.45 Å². The summed E-state index contributed by atoms with van der Waals surface area (Å²) >= 11 is 6.38. The second kappa shape index (κ2) is 10.4. The Bertz CT molecular complexity index is 108. The van der Waals surface area contributed by atoms with Crippen LogP contribution in [0.15, 0.2) is 0 Å². The van der Waals surface area contributed by atoms with Gasteiger partial charge in [0.25, 0.3) is 0 Å². The Morgan fingerprint density at radius 2 is 1.58 bits per heavy atom. The van der Waals surface area contributed by atoms with Crippen molar-refractivity contribution in [3.05, 3.63) is 6.61 Å². The number of ether oxygens (including phenoxy) is 1. The average Bonchev–Trinajstić information content (AvgIpc) is 1.58. The molecule has 68 valence electrons. The Morgan fingerprint density at radius 3 is 1.58 bits per heavy atom. The number of hydrogen-bond acceptors (Lipinski definition) is 2. The van der Waals surface area contributed by atoms with Gasteiger partial charge in [-0.15, -0.1) is 0 Å². The molecule has 0 heterocycles. The van der Waals surface area contributed by atoms with Crippen LogP contribution in [-0.2, 0) is 4.74 Å². The van der Waals surface area contributed by atoms with Crippen molar-refractivity contribution in [2.75, 3.05) is 0 Å². The molecule has 0 radical (unpaired) electrons. The zero-order valence-corrected chi connectivity index (χ0v) is 12.1. The smallest absolute Gasteiger partial charge is 0.548 e. The summed E-state index contributed by atoms with van der Waals surface area (Å²) in [6, 6.07) is 0. The maximum atomic E-state index is 9.17. The molecule has 0 fully saturated rings. The molecule has 5 heteroatoms. The second-order valence-electron chi connectivity index (χ2n) is 2.75. The minimum Gasteiger partial charge on any atom is -0.548 e. The summed E-state index contributed by atoms with van der Waals surface area (Å²) in [6.07, 6.45) is 0. The van der Waals surface area contributed by atoms with E-state index in [4.69, 9.17) is 4.74 Å². The fraction of sp³-hybridized carbons (Fsp3) is 0.714. The van der Waals surface area contributed by atoms with Crippen molar-refractivity contribution < 1.29 is 39.1 Å². The third kappa shape index (κ3) is 42.6. The monoisotopic (exact) mass is 218 g/mol. The Morgan fingerprint density at radius 1 is 1.33 bits per heavy atom. The number of thiol groups is 2. The molecule has 0 aliphatic heterocycles. The number of rotatable bonds is 1. The van der Waals surface area contributed by atoms with E-state index in [2.05, 4.69) is 25.3 Å². The fourth-order valence-electron chi connectivity index (χ4n) is 0.354. The molecule has 0 aromatic carbocycles. The van der Waals surface area contributed by atoms with E-state index < -0.39 is 4.45 Å². The standard InChI is InChI=1S/C6H13O.CH2OS2.Na/c1-5-7-6(2,3)4;2-1(3)4;/h5H,1-4H3;(H2,2,3,4);/q-1;;+1. The molecule has 0 N–H and O–H groups in total. The Hall–Kier alpha value is 1.33. The first-order valence-corrected chi connectivity index (χ1v) is 4.06. The van der Waals surface area contributed by atoms with Crippen LogP contribution in [0.4, 0.5) is 4.79 Å². The van der Waals surface area contributed by atoms with Crippen LogP contribution in [0.25, 0.3) is 0 Å². The molecule has 0 spiro atoms. The van der Waals surface area contributed by atoms with Gasteiger partial charge in [0.15, 0.2) is 0 Å².